The van der Waals surface area contributed by atoms with Crippen LogP contribution in [0.4, 0.5) is 13.9 Å². The minimum atomic E-state index is -0.687. The number of halogens is 3. The van der Waals surface area contributed by atoms with Crippen molar-refractivity contribution in [3.8, 4) is 0 Å². The van der Waals surface area contributed by atoms with Gasteiger partial charge in [-0.25, -0.2) is 13.8 Å². The summed E-state index contributed by atoms with van der Waals surface area (Å²) >= 11 is 6.96. The molecule has 1 N–H and O–H groups in total. The van der Waals surface area contributed by atoms with E-state index in [1.165, 1.54) is 11.3 Å². The second-order valence-corrected chi connectivity index (χ2v) is 5.98. The SMILES string of the molecule is C/C(=N/Nc1nc2ccccc2s1)c1cc(F)c(Cl)cc1F. The molecule has 3 nitrogen and oxygen atoms in total. The highest BCUT2D eigenvalue weighted by Gasteiger charge is 2.11. The predicted octanol–water partition coefficient (Wildman–Crippen LogP) is 5.06. The summed E-state index contributed by atoms with van der Waals surface area (Å²) in [5.74, 6) is -1.31. The number of benzene rings is 2. The number of para-hydroxylation sites is 1. The molecule has 0 fully saturated rings. The number of fused-ring (bicyclic) bond motifs is 1. The van der Waals surface area contributed by atoms with E-state index in [0.29, 0.717) is 10.8 Å². The fraction of sp³-hybridized carbons (Fsp3) is 0.0667. The molecule has 0 saturated heterocycles. The van der Waals surface area contributed by atoms with Gasteiger partial charge in [0.15, 0.2) is 0 Å². The Morgan fingerprint density at radius 2 is 2.00 bits per heavy atom. The quantitative estimate of drug-likeness (QED) is 0.412. The number of nitrogens with zero attached hydrogens (tertiary/aromatic N) is 2. The third kappa shape index (κ3) is 2.93. The molecule has 0 aliphatic carbocycles. The van der Waals surface area contributed by atoms with Crippen LogP contribution in [-0.2, 0) is 0 Å². The first-order valence-electron chi connectivity index (χ1n) is 6.35. The average molecular weight is 338 g/mol. The number of hydrogen-bond donors (Lipinski definition) is 1. The molecular formula is C15H10ClF2N3S. The van der Waals surface area contributed by atoms with Crippen LogP contribution in [0.15, 0.2) is 41.5 Å². The molecule has 0 amide bonds. The van der Waals surface area contributed by atoms with E-state index in [2.05, 4.69) is 15.5 Å². The van der Waals surface area contributed by atoms with Gasteiger partial charge < -0.3 is 0 Å². The summed E-state index contributed by atoms with van der Waals surface area (Å²) in [7, 11) is 0. The Bertz CT molecular complexity index is 843. The van der Waals surface area contributed by atoms with Gasteiger partial charge in [0.2, 0.25) is 5.13 Å². The molecule has 7 heteroatoms. The molecule has 0 bridgehead atoms. The smallest absolute Gasteiger partial charge is 0.204 e. The normalized spacial score (nSPS) is 11.9. The number of rotatable bonds is 3. The van der Waals surface area contributed by atoms with E-state index >= 15 is 0 Å². The molecule has 3 rings (SSSR count). The summed E-state index contributed by atoms with van der Waals surface area (Å²) in [6.07, 6.45) is 0. The van der Waals surface area contributed by atoms with E-state index in [4.69, 9.17) is 11.6 Å². The van der Waals surface area contributed by atoms with Gasteiger partial charge in [0, 0.05) is 5.56 Å². The molecule has 0 aliphatic rings. The monoisotopic (exact) mass is 337 g/mol. The fourth-order valence-corrected chi connectivity index (χ4v) is 2.87. The number of anilines is 1. The van der Waals surface area contributed by atoms with Crippen LogP contribution >= 0.6 is 22.9 Å². The molecule has 1 heterocycles. The standard InChI is InChI=1S/C15H10ClF2N3S/c1-8(9-6-12(18)10(16)7-11(9)17)20-21-15-19-13-4-2-3-5-14(13)22-15/h2-7H,1H3,(H,19,21)/b20-8-. The molecule has 0 aliphatic heterocycles. The Hall–Kier alpha value is -2.05. The first-order chi connectivity index (χ1) is 10.5. The highest BCUT2D eigenvalue weighted by molar-refractivity contribution is 7.22. The molecule has 0 spiro atoms. The number of aromatic nitrogens is 1. The van der Waals surface area contributed by atoms with Gasteiger partial charge in [-0.2, -0.15) is 5.10 Å². The molecule has 1 aromatic heterocycles. The molecule has 112 valence electrons. The third-order valence-corrected chi connectivity index (χ3v) is 4.24. The summed E-state index contributed by atoms with van der Waals surface area (Å²) in [4.78, 5) is 4.34. The Balaban J connectivity index is 1.87. The summed E-state index contributed by atoms with van der Waals surface area (Å²) < 4.78 is 28.3. The lowest BCUT2D eigenvalue weighted by Crippen LogP contribution is -2.03. The zero-order valence-electron chi connectivity index (χ0n) is 11.4. The van der Waals surface area contributed by atoms with Gasteiger partial charge in [-0.3, -0.25) is 5.43 Å². The van der Waals surface area contributed by atoms with Crippen LogP contribution in [0.25, 0.3) is 10.2 Å². The molecule has 0 unspecified atom stereocenters. The van der Waals surface area contributed by atoms with Gasteiger partial charge >= 0.3 is 0 Å². The van der Waals surface area contributed by atoms with Crippen LogP contribution in [0.5, 0.6) is 0 Å². The summed E-state index contributed by atoms with van der Waals surface area (Å²) in [5, 5.41) is 4.38. The van der Waals surface area contributed by atoms with Crippen molar-refractivity contribution in [3.05, 3.63) is 58.6 Å². The van der Waals surface area contributed by atoms with Crippen molar-refractivity contribution in [2.45, 2.75) is 6.92 Å². The molecular weight excluding hydrogens is 328 g/mol. The summed E-state index contributed by atoms with van der Waals surface area (Å²) in [6.45, 7) is 1.58. The fourth-order valence-electron chi connectivity index (χ4n) is 1.91. The highest BCUT2D eigenvalue weighted by Crippen LogP contribution is 2.25. The molecule has 0 radical (unpaired) electrons. The van der Waals surface area contributed by atoms with E-state index in [1.807, 2.05) is 24.3 Å². The van der Waals surface area contributed by atoms with Crippen molar-refractivity contribution in [1.29, 1.82) is 0 Å². The Morgan fingerprint density at radius 1 is 1.23 bits per heavy atom. The number of nitrogens with one attached hydrogen (secondary N) is 1. The Labute approximate surface area is 134 Å². The predicted molar refractivity (Wildman–Crippen MR) is 86.8 cm³/mol. The van der Waals surface area contributed by atoms with Crippen molar-refractivity contribution < 1.29 is 8.78 Å². The van der Waals surface area contributed by atoms with E-state index in [-0.39, 0.29) is 10.6 Å². The maximum atomic E-state index is 13.8. The first kappa shape index (κ1) is 14.9. The van der Waals surface area contributed by atoms with Gasteiger partial charge in [0.1, 0.15) is 11.6 Å². The van der Waals surface area contributed by atoms with Crippen molar-refractivity contribution in [3.63, 3.8) is 0 Å². The Kier molecular flexibility index (Phi) is 4.04. The van der Waals surface area contributed by atoms with E-state index in [9.17, 15) is 8.78 Å². The minimum Gasteiger partial charge on any atom is -0.252 e. The lowest BCUT2D eigenvalue weighted by Gasteiger charge is -2.04. The zero-order chi connectivity index (χ0) is 15.7. The Morgan fingerprint density at radius 3 is 2.77 bits per heavy atom. The van der Waals surface area contributed by atoms with Gasteiger partial charge in [-0.1, -0.05) is 35.1 Å². The maximum Gasteiger partial charge on any atom is 0.204 e. The van der Waals surface area contributed by atoms with E-state index < -0.39 is 11.6 Å². The van der Waals surface area contributed by atoms with Gasteiger partial charge in [-0.15, -0.1) is 0 Å². The van der Waals surface area contributed by atoms with Crippen LogP contribution in [0.3, 0.4) is 0 Å². The van der Waals surface area contributed by atoms with E-state index in [0.717, 1.165) is 22.3 Å². The number of hydrazone groups is 1. The van der Waals surface area contributed by atoms with Crippen LogP contribution in [0.2, 0.25) is 5.02 Å². The summed E-state index contributed by atoms with van der Waals surface area (Å²) in [6, 6.07) is 9.61. The first-order valence-corrected chi connectivity index (χ1v) is 7.55. The van der Waals surface area contributed by atoms with Crippen molar-refractivity contribution in [2.24, 2.45) is 5.10 Å². The largest absolute Gasteiger partial charge is 0.252 e. The second-order valence-electron chi connectivity index (χ2n) is 4.54. The maximum absolute atomic E-state index is 13.8. The lowest BCUT2D eigenvalue weighted by atomic mass is 10.1. The molecule has 22 heavy (non-hydrogen) atoms. The second kappa shape index (κ2) is 5.98. The molecule has 0 atom stereocenters. The molecule has 3 aromatic rings. The van der Waals surface area contributed by atoms with Crippen LogP contribution < -0.4 is 5.43 Å². The van der Waals surface area contributed by atoms with Gasteiger partial charge in [0.05, 0.1) is 21.0 Å². The highest BCUT2D eigenvalue weighted by atomic mass is 35.5. The van der Waals surface area contributed by atoms with Crippen LogP contribution in [0.1, 0.15) is 12.5 Å². The van der Waals surface area contributed by atoms with Gasteiger partial charge in [-0.05, 0) is 31.2 Å². The third-order valence-electron chi connectivity index (χ3n) is 3.01. The number of hydrogen-bond acceptors (Lipinski definition) is 4. The van der Waals surface area contributed by atoms with Crippen molar-refractivity contribution >= 4 is 44.0 Å². The van der Waals surface area contributed by atoms with E-state index in [1.54, 1.807) is 6.92 Å². The molecule has 0 saturated carbocycles. The number of thiazole rings is 1. The summed E-state index contributed by atoms with van der Waals surface area (Å²) in [5.41, 5.74) is 3.97. The lowest BCUT2D eigenvalue weighted by molar-refractivity contribution is 0.598. The zero-order valence-corrected chi connectivity index (χ0v) is 13.0. The molecule has 2 aromatic carbocycles. The van der Waals surface area contributed by atoms with Crippen LogP contribution in [0, 0.1) is 11.6 Å². The minimum absolute atomic E-state index is 0.0514. The van der Waals surface area contributed by atoms with Crippen molar-refractivity contribution in [2.75, 3.05) is 5.43 Å². The average Bonchev–Trinajstić information content (AvgIpc) is 2.91. The van der Waals surface area contributed by atoms with Gasteiger partial charge in [0.25, 0.3) is 0 Å². The van der Waals surface area contributed by atoms with Crippen molar-refractivity contribution in [1.82, 2.24) is 4.98 Å². The van der Waals surface area contributed by atoms with Crippen LogP contribution in [-0.4, -0.2) is 10.7 Å². The topological polar surface area (TPSA) is 37.3 Å².